The van der Waals surface area contributed by atoms with Crippen molar-refractivity contribution in [1.29, 1.82) is 0 Å². The van der Waals surface area contributed by atoms with Crippen LogP contribution in [-0.2, 0) is 9.53 Å². The van der Waals surface area contributed by atoms with E-state index in [4.69, 9.17) is 9.15 Å². The summed E-state index contributed by atoms with van der Waals surface area (Å²) in [7, 11) is 0. The largest absolute Gasteiger partial charge is 0.450 e. The molecular weight excluding hydrogens is 356 g/mol. The Morgan fingerprint density at radius 2 is 2.00 bits per heavy atom. The number of esters is 1. The van der Waals surface area contributed by atoms with Gasteiger partial charge in [0, 0.05) is 6.07 Å². The van der Waals surface area contributed by atoms with Crippen molar-refractivity contribution in [2.24, 2.45) is 0 Å². The fourth-order valence-corrected chi connectivity index (χ4v) is 2.27. The SMILES string of the molecule is Cc1cc(NC(=O)COC(=O)c2ccc([N+](=O)[O-])o2)n(-c2ccccc2)n1. The number of nitrogens with one attached hydrogen (secondary N) is 1. The number of ether oxygens (including phenoxy) is 1. The van der Waals surface area contributed by atoms with Crippen molar-refractivity contribution in [2.75, 3.05) is 11.9 Å². The molecule has 10 nitrogen and oxygen atoms in total. The maximum absolute atomic E-state index is 12.1. The number of carbonyl (C=O) groups is 2. The molecule has 0 saturated carbocycles. The molecule has 1 N–H and O–H groups in total. The van der Waals surface area contributed by atoms with Gasteiger partial charge in [0.15, 0.2) is 6.61 Å². The average molecular weight is 370 g/mol. The highest BCUT2D eigenvalue weighted by Crippen LogP contribution is 2.18. The predicted octanol–water partition coefficient (Wildman–Crippen LogP) is 2.48. The van der Waals surface area contributed by atoms with Crippen LogP contribution in [0.25, 0.3) is 5.69 Å². The van der Waals surface area contributed by atoms with Gasteiger partial charge in [-0.2, -0.15) is 5.10 Å². The zero-order chi connectivity index (χ0) is 19.4. The molecule has 2 heterocycles. The molecule has 0 unspecified atom stereocenters. The van der Waals surface area contributed by atoms with Crippen molar-refractivity contribution >= 4 is 23.6 Å². The third-order valence-electron chi connectivity index (χ3n) is 3.41. The van der Waals surface area contributed by atoms with Crippen molar-refractivity contribution in [3.05, 3.63) is 70.1 Å². The van der Waals surface area contributed by atoms with E-state index in [0.29, 0.717) is 11.5 Å². The summed E-state index contributed by atoms with van der Waals surface area (Å²) in [6.07, 6.45) is 0. The molecule has 2 aromatic heterocycles. The van der Waals surface area contributed by atoms with Crippen LogP contribution >= 0.6 is 0 Å². The maximum atomic E-state index is 12.1. The van der Waals surface area contributed by atoms with Gasteiger partial charge in [0.1, 0.15) is 10.7 Å². The Kier molecular flexibility index (Phi) is 4.97. The van der Waals surface area contributed by atoms with Gasteiger partial charge < -0.3 is 14.5 Å². The van der Waals surface area contributed by atoms with Gasteiger partial charge in [-0.3, -0.25) is 14.9 Å². The Morgan fingerprint density at radius 3 is 2.67 bits per heavy atom. The number of hydrogen-bond donors (Lipinski definition) is 1. The van der Waals surface area contributed by atoms with Gasteiger partial charge in [-0.15, -0.1) is 0 Å². The van der Waals surface area contributed by atoms with Crippen LogP contribution in [0.3, 0.4) is 0 Å². The fourth-order valence-electron chi connectivity index (χ4n) is 2.27. The summed E-state index contributed by atoms with van der Waals surface area (Å²) in [6, 6.07) is 13.0. The topological polar surface area (TPSA) is 130 Å². The zero-order valence-electron chi connectivity index (χ0n) is 14.1. The molecule has 0 aliphatic carbocycles. The lowest BCUT2D eigenvalue weighted by molar-refractivity contribution is -0.402. The standard InChI is InChI=1S/C17H14N4O6/c1-11-9-14(20(19-11)12-5-3-2-4-6-12)18-15(22)10-26-17(23)13-7-8-16(27-13)21(24)25/h2-9H,10H2,1H3,(H,18,22). The third kappa shape index (κ3) is 4.18. The first-order chi connectivity index (χ1) is 12.9. The number of benzene rings is 1. The molecule has 1 amide bonds. The molecule has 0 bridgehead atoms. The first kappa shape index (κ1) is 17.9. The molecule has 0 fully saturated rings. The number of aryl methyl sites for hydroxylation is 1. The molecule has 0 radical (unpaired) electrons. The number of amides is 1. The normalized spacial score (nSPS) is 10.4. The summed E-state index contributed by atoms with van der Waals surface area (Å²) in [6.45, 7) is 1.19. The van der Waals surface area contributed by atoms with Gasteiger partial charge in [0.2, 0.25) is 5.76 Å². The van der Waals surface area contributed by atoms with Crippen LogP contribution in [0.4, 0.5) is 11.7 Å². The van der Waals surface area contributed by atoms with Gasteiger partial charge in [-0.05, 0) is 25.1 Å². The molecule has 0 saturated heterocycles. The van der Waals surface area contributed by atoms with Crippen molar-refractivity contribution < 1.29 is 23.7 Å². The van der Waals surface area contributed by atoms with E-state index in [1.165, 1.54) is 0 Å². The molecule has 0 spiro atoms. The van der Waals surface area contributed by atoms with Crippen LogP contribution in [-0.4, -0.2) is 33.2 Å². The molecule has 1 aromatic carbocycles. The monoisotopic (exact) mass is 370 g/mol. The van der Waals surface area contributed by atoms with Crippen molar-refractivity contribution in [1.82, 2.24) is 9.78 Å². The molecular formula is C17H14N4O6. The summed E-state index contributed by atoms with van der Waals surface area (Å²) in [4.78, 5) is 33.6. The highest BCUT2D eigenvalue weighted by Gasteiger charge is 2.20. The van der Waals surface area contributed by atoms with Crippen LogP contribution in [0.15, 0.2) is 52.9 Å². The van der Waals surface area contributed by atoms with E-state index in [1.54, 1.807) is 17.7 Å². The van der Waals surface area contributed by atoms with Crippen LogP contribution in [0.2, 0.25) is 0 Å². The molecule has 10 heteroatoms. The average Bonchev–Trinajstić information content (AvgIpc) is 3.27. The number of rotatable bonds is 6. The van der Waals surface area contributed by atoms with Gasteiger partial charge in [-0.1, -0.05) is 18.2 Å². The van der Waals surface area contributed by atoms with E-state index < -0.39 is 29.3 Å². The number of furan rings is 1. The minimum Gasteiger partial charge on any atom is -0.450 e. The molecule has 3 rings (SSSR count). The number of para-hydroxylation sites is 1. The number of nitrogens with zero attached hydrogens (tertiary/aromatic N) is 3. The van der Waals surface area contributed by atoms with Crippen LogP contribution in [0.1, 0.15) is 16.2 Å². The van der Waals surface area contributed by atoms with Gasteiger partial charge in [0.25, 0.3) is 5.91 Å². The second kappa shape index (κ2) is 7.52. The Labute approximate surface area is 152 Å². The maximum Gasteiger partial charge on any atom is 0.433 e. The lowest BCUT2D eigenvalue weighted by Gasteiger charge is -2.09. The molecule has 0 aliphatic heterocycles. The number of hydrogen-bond acceptors (Lipinski definition) is 7. The molecule has 27 heavy (non-hydrogen) atoms. The summed E-state index contributed by atoms with van der Waals surface area (Å²) in [5.74, 6) is -2.12. The summed E-state index contributed by atoms with van der Waals surface area (Å²) in [5.41, 5.74) is 1.44. The van der Waals surface area contributed by atoms with E-state index in [0.717, 1.165) is 17.8 Å². The zero-order valence-corrected chi connectivity index (χ0v) is 14.1. The molecule has 0 atom stereocenters. The Bertz CT molecular complexity index is 992. The second-order valence-electron chi connectivity index (χ2n) is 5.44. The Hall–Kier alpha value is -3.95. The molecule has 138 valence electrons. The molecule has 3 aromatic rings. The first-order valence-electron chi connectivity index (χ1n) is 7.77. The number of carbonyl (C=O) groups excluding carboxylic acids is 2. The third-order valence-corrected chi connectivity index (χ3v) is 3.41. The Balaban J connectivity index is 1.63. The van der Waals surface area contributed by atoms with E-state index >= 15 is 0 Å². The highest BCUT2D eigenvalue weighted by molar-refractivity contribution is 5.94. The summed E-state index contributed by atoms with van der Waals surface area (Å²) >= 11 is 0. The van der Waals surface area contributed by atoms with Crippen LogP contribution in [0, 0.1) is 17.0 Å². The summed E-state index contributed by atoms with van der Waals surface area (Å²) < 4.78 is 11.1. The van der Waals surface area contributed by atoms with Gasteiger partial charge in [-0.25, -0.2) is 9.48 Å². The Morgan fingerprint density at radius 1 is 1.26 bits per heavy atom. The highest BCUT2D eigenvalue weighted by atomic mass is 16.7. The predicted molar refractivity (Wildman–Crippen MR) is 92.6 cm³/mol. The number of aromatic nitrogens is 2. The first-order valence-corrected chi connectivity index (χ1v) is 7.77. The fraction of sp³-hybridized carbons (Fsp3) is 0.118. The lowest BCUT2D eigenvalue weighted by Crippen LogP contribution is -2.22. The van der Waals surface area contributed by atoms with Crippen LogP contribution in [0.5, 0.6) is 0 Å². The van der Waals surface area contributed by atoms with E-state index in [1.807, 2.05) is 30.3 Å². The minimum atomic E-state index is -0.981. The minimum absolute atomic E-state index is 0.361. The smallest absolute Gasteiger partial charge is 0.433 e. The van der Waals surface area contributed by atoms with E-state index in [-0.39, 0.29) is 5.76 Å². The van der Waals surface area contributed by atoms with Crippen molar-refractivity contribution in [3.63, 3.8) is 0 Å². The quantitative estimate of drug-likeness (QED) is 0.401. The van der Waals surface area contributed by atoms with Crippen LogP contribution < -0.4 is 5.32 Å². The lowest BCUT2D eigenvalue weighted by atomic mass is 10.3. The molecule has 0 aliphatic rings. The van der Waals surface area contributed by atoms with E-state index in [2.05, 4.69) is 10.4 Å². The van der Waals surface area contributed by atoms with Crippen molar-refractivity contribution in [2.45, 2.75) is 6.92 Å². The summed E-state index contributed by atoms with van der Waals surface area (Å²) in [5, 5.41) is 17.5. The van der Waals surface area contributed by atoms with E-state index in [9.17, 15) is 19.7 Å². The number of nitro groups is 1. The van der Waals surface area contributed by atoms with Gasteiger partial charge in [0.05, 0.1) is 17.4 Å². The van der Waals surface area contributed by atoms with Gasteiger partial charge >= 0.3 is 11.9 Å². The van der Waals surface area contributed by atoms with Crippen molar-refractivity contribution in [3.8, 4) is 5.69 Å². The second-order valence-corrected chi connectivity index (χ2v) is 5.44. The number of anilines is 1.